The van der Waals surface area contributed by atoms with Crippen molar-refractivity contribution in [3.63, 3.8) is 0 Å². The monoisotopic (exact) mass is 604 g/mol. The van der Waals surface area contributed by atoms with Gasteiger partial charge in [0.25, 0.3) is 5.91 Å². The minimum atomic E-state index is -4.70. The third-order valence-corrected chi connectivity index (χ3v) is 10.3. The van der Waals surface area contributed by atoms with E-state index >= 15 is 0 Å². The Balaban J connectivity index is 1.51. The highest BCUT2D eigenvalue weighted by Crippen LogP contribution is 2.32. The third kappa shape index (κ3) is 6.33. The van der Waals surface area contributed by atoms with Crippen molar-refractivity contribution in [3.8, 4) is 5.75 Å². The van der Waals surface area contributed by atoms with Gasteiger partial charge in [-0.25, -0.2) is 21.8 Å². The molecule has 1 aromatic carbocycles. The molecule has 10 nitrogen and oxygen atoms in total. The number of alkyl halides is 3. The van der Waals surface area contributed by atoms with Crippen molar-refractivity contribution in [1.82, 2.24) is 14.9 Å². The van der Waals surface area contributed by atoms with E-state index in [9.17, 15) is 34.8 Å². The second kappa shape index (κ2) is 10.7. The van der Waals surface area contributed by atoms with E-state index in [1.54, 1.807) is 4.90 Å². The van der Waals surface area contributed by atoms with E-state index in [0.29, 0.717) is 5.13 Å². The number of anilines is 1. The second-order valence-electron chi connectivity index (χ2n) is 8.67. The van der Waals surface area contributed by atoms with E-state index in [1.807, 2.05) is 0 Å². The Kier molecular flexibility index (Phi) is 7.91. The number of piperazine rings is 1. The van der Waals surface area contributed by atoms with Gasteiger partial charge in [0.1, 0.15) is 9.96 Å². The number of rotatable bonds is 7. The average Bonchev–Trinajstić information content (AvgIpc) is 3.39. The van der Waals surface area contributed by atoms with Crippen LogP contribution >= 0.6 is 11.3 Å². The first-order chi connectivity index (χ1) is 18.2. The zero-order chi connectivity index (χ0) is 28.6. The van der Waals surface area contributed by atoms with Crippen LogP contribution in [0.2, 0.25) is 0 Å². The molecule has 0 spiro atoms. The molecule has 3 aromatic rings. The molecule has 1 aliphatic heterocycles. The fourth-order valence-electron chi connectivity index (χ4n) is 3.68. The molecule has 1 atom stereocenters. The van der Waals surface area contributed by atoms with Crippen LogP contribution < -0.4 is 9.64 Å². The van der Waals surface area contributed by atoms with Crippen molar-refractivity contribution in [2.75, 3.05) is 37.3 Å². The summed E-state index contributed by atoms with van der Waals surface area (Å²) in [5.74, 6) is -1.08. The maximum Gasteiger partial charge on any atom is 0.425 e. The van der Waals surface area contributed by atoms with Gasteiger partial charge in [-0.2, -0.15) is 13.2 Å². The molecule has 0 radical (unpaired) electrons. The molecule has 0 saturated carbocycles. The largest absolute Gasteiger partial charge is 0.480 e. The van der Waals surface area contributed by atoms with Crippen LogP contribution in [0.15, 0.2) is 62.9 Å². The van der Waals surface area contributed by atoms with Crippen LogP contribution in [0.4, 0.5) is 18.3 Å². The van der Waals surface area contributed by atoms with Crippen LogP contribution in [0.25, 0.3) is 0 Å². The summed E-state index contributed by atoms with van der Waals surface area (Å²) in [5, 5.41) is 0.423. The topological polar surface area (TPSA) is 127 Å². The highest BCUT2D eigenvalue weighted by Gasteiger charge is 2.39. The molecule has 0 N–H and O–H groups in total. The van der Waals surface area contributed by atoms with Gasteiger partial charge in [-0.05, 0) is 37.3 Å². The molecule has 0 aliphatic carbocycles. The first kappa shape index (κ1) is 28.8. The molecule has 1 amide bonds. The lowest BCUT2D eigenvalue weighted by Gasteiger charge is -2.35. The maximum atomic E-state index is 13.3. The molecule has 2 aromatic heterocycles. The first-order valence-corrected chi connectivity index (χ1v) is 15.6. The number of aromatic nitrogens is 2. The number of nitrogens with zero attached hydrogens (tertiary/aromatic N) is 4. The number of halogens is 3. The Bertz CT molecular complexity index is 1570. The molecule has 3 heterocycles. The van der Waals surface area contributed by atoms with Gasteiger partial charge in [-0.3, -0.25) is 9.78 Å². The maximum absolute atomic E-state index is 13.3. The van der Waals surface area contributed by atoms with Crippen LogP contribution in [0, 0.1) is 0 Å². The lowest BCUT2D eigenvalue weighted by atomic mass is 10.1. The molecule has 1 unspecified atom stereocenters. The predicted octanol–water partition coefficient (Wildman–Crippen LogP) is 3.07. The van der Waals surface area contributed by atoms with E-state index < -0.39 is 37.9 Å². The summed E-state index contributed by atoms with van der Waals surface area (Å²) in [6.45, 7) is 1.55. The van der Waals surface area contributed by atoms with Gasteiger partial charge >= 0.3 is 6.18 Å². The number of thiazole rings is 1. The number of hydrogen-bond donors (Lipinski definition) is 0. The van der Waals surface area contributed by atoms with Crippen LogP contribution in [-0.2, 0) is 19.7 Å². The molecule has 1 aliphatic rings. The zero-order valence-electron chi connectivity index (χ0n) is 20.6. The second-order valence-corrected chi connectivity index (χ2v) is 13.9. The molecule has 210 valence electrons. The number of ether oxygens (including phenoxy) is 1. The standard InChI is InChI=1S/C23H23F3N4O6S3/c1-15(23(24,25)26)36-19-6-5-16(38(2,32)33)12-18(19)21(31)29-8-10-30(11-9-29)22-28-14-20(37-22)39(34,35)17-4-3-7-27-13-17/h3-7,12-15H,8-11H2,1-2H3. The summed E-state index contributed by atoms with van der Waals surface area (Å²) in [6, 6.07) is 6.08. The molecule has 0 bridgehead atoms. The summed E-state index contributed by atoms with van der Waals surface area (Å²) in [4.78, 5) is 24.3. The molecular weight excluding hydrogens is 581 g/mol. The Morgan fingerprint density at radius 1 is 1.05 bits per heavy atom. The number of benzene rings is 1. The van der Waals surface area contributed by atoms with Crippen molar-refractivity contribution in [2.24, 2.45) is 0 Å². The van der Waals surface area contributed by atoms with Gasteiger partial charge in [-0.1, -0.05) is 11.3 Å². The van der Waals surface area contributed by atoms with Crippen molar-refractivity contribution >= 4 is 42.1 Å². The fourth-order valence-corrected chi connectivity index (χ4v) is 6.86. The van der Waals surface area contributed by atoms with Crippen LogP contribution in [0.5, 0.6) is 5.75 Å². The fraction of sp³-hybridized carbons (Fsp3) is 0.348. The quantitative estimate of drug-likeness (QED) is 0.400. The van der Waals surface area contributed by atoms with Gasteiger partial charge in [0.15, 0.2) is 21.1 Å². The zero-order valence-corrected chi connectivity index (χ0v) is 23.1. The van der Waals surface area contributed by atoms with Crippen LogP contribution in [-0.4, -0.2) is 82.3 Å². The van der Waals surface area contributed by atoms with Crippen molar-refractivity contribution in [2.45, 2.75) is 33.2 Å². The molecule has 39 heavy (non-hydrogen) atoms. The van der Waals surface area contributed by atoms with E-state index in [1.165, 1.54) is 35.6 Å². The van der Waals surface area contributed by atoms with Crippen molar-refractivity contribution in [3.05, 3.63) is 54.5 Å². The number of sulfone groups is 2. The van der Waals surface area contributed by atoms with Gasteiger partial charge in [-0.15, -0.1) is 0 Å². The van der Waals surface area contributed by atoms with Gasteiger partial charge in [0.2, 0.25) is 9.84 Å². The number of carbonyl (C=O) groups is 1. The SMILES string of the molecule is CC(Oc1ccc(S(C)(=O)=O)cc1C(=O)N1CCN(c2ncc(S(=O)(=O)c3cccnc3)s2)CC1)C(F)(F)F. The van der Waals surface area contributed by atoms with E-state index in [-0.39, 0.29) is 51.5 Å². The first-order valence-electron chi connectivity index (χ1n) is 11.4. The predicted molar refractivity (Wildman–Crippen MR) is 136 cm³/mol. The van der Waals surface area contributed by atoms with Crippen molar-refractivity contribution < 1.29 is 39.5 Å². The van der Waals surface area contributed by atoms with Gasteiger partial charge in [0.05, 0.1) is 21.6 Å². The highest BCUT2D eigenvalue weighted by atomic mass is 32.2. The Hall–Kier alpha value is -3.24. The summed E-state index contributed by atoms with van der Waals surface area (Å²) in [6.07, 6.45) is -2.05. The Morgan fingerprint density at radius 2 is 1.74 bits per heavy atom. The molecule has 16 heteroatoms. The van der Waals surface area contributed by atoms with E-state index in [0.717, 1.165) is 42.7 Å². The van der Waals surface area contributed by atoms with E-state index in [4.69, 9.17) is 4.74 Å². The number of pyridine rings is 1. The van der Waals surface area contributed by atoms with E-state index in [2.05, 4.69) is 9.97 Å². The minimum Gasteiger partial charge on any atom is -0.480 e. The summed E-state index contributed by atoms with van der Waals surface area (Å²) in [7, 11) is -7.55. The van der Waals surface area contributed by atoms with Gasteiger partial charge < -0.3 is 14.5 Å². The lowest BCUT2D eigenvalue weighted by molar-refractivity contribution is -0.189. The molecule has 4 rings (SSSR count). The summed E-state index contributed by atoms with van der Waals surface area (Å²) in [5.41, 5.74) is -0.304. The summed E-state index contributed by atoms with van der Waals surface area (Å²) >= 11 is 0.966. The number of hydrogen-bond acceptors (Lipinski definition) is 10. The highest BCUT2D eigenvalue weighted by molar-refractivity contribution is 7.93. The van der Waals surface area contributed by atoms with Crippen molar-refractivity contribution in [1.29, 1.82) is 0 Å². The lowest BCUT2D eigenvalue weighted by Crippen LogP contribution is -2.49. The normalized spacial score (nSPS) is 15.7. The van der Waals surface area contributed by atoms with Crippen LogP contribution in [0.1, 0.15) is 17.3 Å². The van der Waals surface area contributed by atoms with Crippen LogP contribution in [0.3, 0.4) is 0 Å². The minimum absolute atomic E-state index is 0.0298. The molecule has 1 fully saturated rings. The third-order valence-electron chi connectivity index (χ3n) is 5.89. The Morgan fingerprint density at radius 3 is 2.33 bits per heavy atom. The number of carbonyl (C=O) groups excluding carboxylic acids is 1. The summed E-state index contributed by atoms with van der Waals surface area (Å²) < 4.78 is 94.1. The molecular formula is C23H23F3N4O6S3. The Labute approximate surface area is 226 Å². The van der Waals surface area contributed by atoms with Gasteiger partial charge in [0, 0.05) is 44.8 Å². The number of amides is 1. The molecule has 1 saturated heterocycles. The smallest absolute Gasteiger partial charge is 0.425 e. The average molecular weight is 605 g/mol.